The molecule has 4 atom stereocenters. The van der Waals surface area contributed by atoms with Gasteiger partial charge in [-0.15, -0.1) is 0 Å². The van der Waals surface area contributed by atoms with Gasteiger partial charge in [-0.25, -0.2) is 19.3 Å². The van der Waals surface area contributed by atoms with E-state index in [1.807, 2.05) is 0 Å². The number of para-hydroxylation sites is 1. The first-order valence-corrected chi connectivity index (χ1v) is 8.73. The minimum absolute atomic E-state index is 0.134. The molecule has 148 valence electrons. The summed E-state index contributed by atoms with van der Waals surface area (Å²) in [5.74, 6) is 0.328. The lowest BCUT2D eigenvalue weighted by Crippen LogP contribution is -2.33. The van der Waals surface area contributed by atoms with Gasteiger partial charge in [0.05, 0.1) is 18.6 Å². The predicted molar refractivity (Wildman–Crippen MR) is 97.5 cm³/mol. The molecule has 0 amide bonds. The molecule has 1 fully saturated rings. The van der Waals surface area contributed by atoms with Crippen LogP contribution in [0.5, 0.6) is 0 Å². The molecule has 28 heavy (non-hydrogen) atoms. The van der Waals surface area contributed by atoms with Crippen LogP contribution < -0.4 is 5.32 Å². The van der Waals surface area contributed by atoms with Gasteiger partial charge >= 0.3 is 0 Å². The van der Waals surface area contributed by atoms with Crippen molar-refractivity contribution in [1.82, 2.24) is 19.5 Å². The molecule has 0 bridgehead atoms. The Morgan fingerprint density at radius 2 is 2.04 bits per heavy atom. The summed E-state index contributed by atoms with van der Waals surface area (Å²) in [5.41, 5.74) is 1.03. The van der Waals surface area contributed by atoms with Crippen molar-refractivity contribution in [1.29, 1.82) is 0 Å². The molecular formula is C18H20FN5O4. The number of nitrogens with one attached hydrogen (secondary N) is 1. The lowest BCUT2D eigenvalue weighted by molar-refractivity contribution is -0.0580. The minimum atomic E-state index is -1.18. The molecule has 3 heterocycles. The van der Waals surface area contributed by atoms with Gasteiger partial charge < -0.3 is 25.0 Å². The van der Waals surface area contributed by atoms with Crippen LogP contribution in [0, 0.1) is 12.7 Å². The zero-order valence-corrected chi connectivity index (χ0v) is 15.3. The number of benzene rings is 1. The molecule has 0 aliphatic carbocycles. The van der Waals surface area contributed by atoms with Crippen molar-refractivity contribution in [3.63, 3.8) is 0 Å². The van der Waals surface area contributed by atoms with Crippen LogP contribution in [0.25, 0.3) is 11.2 Å². The van der Waals surface area contributed by atoms with Crippen molar-refractivity contribution >= 4 is 22.7 Å². The van der Waals surface area contributed by atoms with E-state index in [1.54, 1.807) is 25.1 Å². The standard InChI is InChI=1S/C18H20FN5O4/c1-9-21-16(23-11-6-4-3-5-10(11)19)13-17(22-9)24(8-20-13)18-15(26)14(25)12(28-18)7-27-2/h3-6,8,12,14-15,18,25-26H,7H2,1-2H3,(H,21,22,23). The van der Waals surface area contributed by atoms with Gasteiger partial charge in [-0.2, -0.15) is 0 Å². The first kappa shape index (κ1) is 18.7. The lowest BCUT2D eigenvalue weighted by Gasteiger charge is -2.17. The summed E-state index contributed by atoms with van der Waals surface area (Å²) < 4.78 is 26.3. The molecule has 1 aromatic carbocycles. The second-order valence-corrected chi connectivity index (χ2v) is 6.55. The molecule has 1 aliphatic rings. The number of methoxy groups -OCH3 is 1. The average Bonchev–Trinajstić information content (AvgIpc) is 3.20. The number of fused-ring (bicyclic) bond motifs is 1. The Balaban J connectivity index is 1.73. The van der Waals surface area contributed by atoms with Crippen LogP contribution in [0.1, 0.15) is 12.1 Å². The van der Waals surface area contributed by atoms with E-state index in [1.165, 1.54) is 24.1 Å². The Bertz CT molecular complexity index is 997. The number of imidazole rings is 1. The number of anilines is 2. The highest BCUT2D eigenvalue weighted by molar-refractivity contribution is 5.85. The molecule has 0 spiro atoms. The summed E-state index contributed by atoms with van der Waals surface area (Å²) in [6.07, 6.45) is -2.42. The molecule has 4 rings (SSSR count). The third kappa shape index (κ3) is 3.20. The first-order valence-electron chi connectivity index (χ1n) is 8.73. The number of aliphatic hydroxyl groups is 2. The fourth-order valence-electron chi connectivity index (χ4n) is 3.25. The molecule has 10 heteroatoms. The van der Waals surface area contributed by atoms with Crippen LogP contribution in [0.2, 0.25) is 0 Å². The van der Waals surface area contributed by atoms with Crippen LogP contribution in [0.4, 0.5) is 15.9 Å². The summed E-state index contributed by atoms with van der Waals surface area (Å²) in [7, 11) is 1.49. The molecule has 3 aromatic rings. The number of aromatic nitrogens is 4. The van der Waals surface area contributed by atoms with Crippen molar-refractivity contribution in [2.75, 3.05) is 19.0 Å². The molecule has 4 unspecified atom stereocenters. The third-order valence-corrected chi connectivity index (χ3v) is 4.60. The smallest absolute Gasteiger partial charge is 0.167 e. The molecule has 1 saturated heterocycles. The number of aliphatic hydroxyl groups excluding tert-OH is 2. The molecular weight excluding hydrogens is 369 g/mol. The Morgan fingerprint density at radius 3 is 2.79 bits per heavy atom. The van der Waals surface area contributed by atoms with Crippen molar-refractivity contribution in [2.24, 2.45) is 0 Å². The summed E-state index contributed by atoms with van der Waals surface area (Å²) in [6, 6.07) is 6.23. The third-order valence-electron chi connectivity index (χ3n) is 4.60. The van der Waals surface area contributed by atoms with E-state index < -0.39 is 30.4 Å². The van der Waals surface area contributed by atoms with Crippen molar-refractivity contribution in [2.45, 2.75) is 31.5 Å². The van der Waals surface area contributed by atoms with Gasteiger partial charge in [-0.1, -0.05) is 12.1 Å². The van der Waals surface area contributed by atoms with Gasteiger partial charge in [0.1, 0.15) is 30.0 Å². The summed E-state index contributed by atoms with van der Waals surface area (Å²) in [5, 5.41) is 23.5. The summed E-state index contributed by atoms with van der Waals surface area (Å²) in [4.78, 5) is 13.0. The van der Waals surface area contributed by atoms with Crippen molar-refractivity contribution in [3.05, 3.63) is 42.2 Å². The maximum atomic E-state index is 14.0. The molecule has 9 nitrogen and oxygen atoms in total. The Hall–Kier alpha value is -2.66. The Kier molecular flexibility index (Phi) is 4.94. The quantitative estimate of drug-likeness (QED) is 0.598. The van der Waals surface area contributed by atoms with E-state index in [4.69, 9.17) is 9.47 Å². The highest BCUT2D eigenvalue weighted by Gasteiger charge is 2.44. The summed E-state index contributed by atoms with van der Waals surface area (Å²) in [6.45, 7) is 1.83. The second-order valence-electron chi connectivity index (χ2n) is 6.55. The molecule has 1 aliphatic heterocycles. The van der Waals surface area contributed by atoms with E-state index in [9.17, 15) is 14.6 Å². The van der Waals surface area contributed by atoms with Crippen LogP contribution in [-0.2, 0) is 9.47 Å². The maximum Gasteiger partial charge on any atom is 0.167 e. The Morgan fingerprint density at radius 1 is 1.25 bits per heavy atom. The predicted octanol–water partition coefficient (Wildman–Crippen LogP) is 1.28. The highest BCUT2D eigenvalue weighted by atomic mass is 19.1. The number of ether oxygens (including phenoxy) is 2. The monoisotopic (exact) mass is 389 g/mol. The minimum Gasteiger partial charge on any atom is -0.387 e. The zero-order chi connectivity index (χ0) is 19.8. The van der Waals surface area contributed by atoms with E-state index >= 15 is 0 Å². The van der Waals surface area contributed by atoms with Gasteiger partial charge in [-0.05, 0) is 19.1 Å². The van der Waals surface area contributed by atoms with E-state index in [0.29, 0.717) is 22.8 Å². The number of halogens is 1. The van der Waals surface area contributed by atoms with E-state index in [2.05, 4.69) is 20.3 Å². The first-order chi connectivity index (χ1) is 13.5. The normalized spacial score (nSPS) is 24.8. The second kappa shape index (κ2) is 7.40. The number of hydrogen-bond donors (Lipinski definition) is 3. The van der Waals surface area contributed by atoms with Gasteiger partial charge in [0.15, 0.2) is 23.2 Å². The average molecular weight is 389 g/mol. The molecule has 2 aromatic heterocycles. The van der Waals surface area contributed by atoms with Crippen LogP contribution in [0.15, 0.2) is 30.6 Å². The van der Waals surface area contributed by atoms with Gasteiger partial charge in [-0.3, -0.25) is 4.57 Å². The van der Waals surface area contributed by atoms with Crippen molar-refractivity contribution in [3.8, 4) is 0 Å². The van der Waals surface area contributed by atoms with Crippen LogP contribution in [0.3, 0.4) is 0 Å². The lowest BCUT2D eigenvalue weighted by atomic mass is 10.1. The fourth-order valence-corrected chi connectivity index (χ4v) is 3.25. The Labute approximate surface area is 159 Å². The van der Waals surface area contributed by atoms with Gasteiger partial charge in [0, 0.05) is 7.11 Å². The van der Waals surface area contributed by atoms with Gasteiger partial charge in [0.25, 0.3) is 0 Å². The SMILES string of the molecule is COCC1OC(n2cnc3c(Nc4ccccc4F)nc(C)nc32)C(O)C1O. The largest absolute Gasteiger partial charge is 0.387 e. The van der Waals surface area contributed by atoms with E-state index in [-0.39, 0.29) is 12.3 Å². The topological polar surface area (TPSA) is 115 Å². The van der Waals surface area contributed by atoms with Crippen molar-refractivity contribution < 1.29 is 24.1 Å². The van der Waals surface area contributed by atoms with E-state index in [0.717, 1.165) is 0 Å². The van der Waals surface area contributed by atoms with Crippen LogP contribution in [-0.4, -0.2) is 61.8 Å². The highest BCUT2D eigenvalue weighted by Crippen LogP contribution is 2.33. The van der Waals surface area contributed by atoms with Gasteiger partial charge in [0.2, 0.25) is 0 Å². The summed E-state index contributed by atoms with van der Waals surface area (Å²) >= 11 is 0. The number of nitrogens with zero attached hydrogens (tertiary/aromatic N) is 4. The molecule has 0 saturated carbocycles. The number of rotatable bonds is 5. The maximum absolute atomic E-state index is 14.0. The molecule has 0 radical (unpaired) electrons. The fraction of sp³-hybridized carbons (Fsp3) is 0.389. The molecule has 3 N–H and O–H groups in total. The van der Waals surface area contributed by atoms with Crippen LogP contribution >= 0.6 is 0 Å². The number of aryl methyl sites for hydroxylation is 1. The number of hydrogen-bond acceptors (Lipinski definition) is 8. The zero-order valence-electron chi connectivity index (χ0n) is 15.3.